The standard InChI is InChI=1S/C24H23N5/c1-18-25-14-20-15-28(13-12-23(20)26-18)16-21-17-29(22-10-6-3-7-11-22)27-24(21)19-8-4-2-5-9-19/h2-11,14,17H,12-13,15-16H2,1H3. The molecule has 0 radical (unpaired) electrons. The van der Waals surface area contributed by atoms with Gasteiger partial charge in [-0.15, -0.1) is 0 Å². The van der Waals surface area contributed by atoms with Gasteiger partial charge in [0.2, 0.25) is 0 Å². The molecule has 0 spiro atoms. The van der Waals surface area contributed by atoms with E-state index in [0.717, 1.165) is 48.8 Å². The predicted molar refractivity (Wildman–Crippen MR) is 114 cm³/mol. The fourth-order valence-corrected chi connectivity index (χ4v) is 3.93. The molecular weight excluding hydrogens is 358 g/mol. The first kappa shape index (κ1) is 17.8. The molecule has 0 saturated heterocycles. The lowest BCUT2D eigenvalue weighted by Crippen LogP contribution is -2.31. The van der Waals surface area contributed by atoms with Gasteiger partial charge in [0.15, 0.2) is 0 Å². The average Bonchev–Trinajstić information content (AvgIpc) is 3.19. The van der Waals surface area contributed by atoms with Gasteiger partial charge < -0.3 is 0 Å². The van der Waals surface area contributed by atoms with E-state index in [1.165, 1.54) is 16.8 Å². The molecule has 5 heteroatoms. The van der Waals surface area contributed by atoms with Crippen molar-refractivity contribution in [1.29, 1.82) is 0 Å². The van der Waals surface area contributed by atoms with E-state index in [1.54, 1.807) is 0 Å². The Hall–Kier alpha value is -3.31. The molecule has 0 aliphatic carbocycles. The topological polar surface area (TPSA) is 46.8 Å². The number of aromatic nitrogens is 4. The third-order valence-corrected chi connectivity index (χ3v) is 5.39. The summed E-state index contributed by atoms with van der Waals surface area (Å²) in [6.07, 6.45) is 5.11. The maximum Gasteiger partial charge on any atom is 0.125 e. The summed E-state index contributed by atoms with van der Waals surface area (Å²) in [5.41, 5.74) is 6.92. The van der Waals surface area contributed by atoms with Crippen molar-refractivity contribution in [2.75, 3.05) is 6.54 Å². The predicted octanol–water partition coefficient (Wildman–Crippen LogP) is 4.20. The second-order valence-electron chi connectivity index (χ2n) is 7.50. The van der Waals surface area contributed by atoms with Crippen LogP contribution in [0.1, 0.15) is 22.6 Å². The van der Waals surface area contributed by atoms with E-state index in [9.17, 15) is 0 Å². The van der Waals surface area contributed by atoms with E-state index in [2.05, 4.69) is 57.5 Å². The summed E-state index contributed by atoms with van der Waals surface area (Å²) >= 11 is 0. The molecule has 29 heavy (non-hydrogen) atoms. The quantitative estimate of drug-likeness (QED) is 0.532. The lowest BCUT2D eigenvalue weighted by atomic mass is 10.0. The third-order valence-electron chi connectivity index (χ3n) is 5.39. The van der Waals surface area contributed by atoms with Gasteiger partial charge in [-0.25, -0.2) is 14.6 Å². The summed E-state index contributed by atoms with van der Waals surface area (Å²) < 4.78 is 1.99. The van der Waals surface area contributed by atoms with E-state index in [1.807, 2.05) is 42.1 Å². The van der Waals surface area contributed by atoms with Gasteiger partial charge in [-0.3, -0.25) is 4.90 Å². The number of hydrogen-bond acceptors (Lipinski definition) is 4. The lowest BCUT2D eigenvalue weighted by molar-refractivity contribution is 0.243. The minimum absolute atomic E-state index is 0.852. The number of fused-ring (bicyclic) bond motifs is 1. The summed E-state index contributed by atoms with van der Waals surface area (Å²) in [4.78, 5) is 11.5. The van der Waals surface area contributed by atoms with Gasteiger partial charge in [-0.2, -0.15) is 5.10 Å². The largest absolute Gasteiger partial charge is 0.294 e. The molecule has 0 N–H and O–H groups in total. The summed E-state index contributed by atoms with van der Waals surface area (Å²) in [5.74, 6) is 0.854. The highest BCUT2D eigenvalue weighted by Gasteiger charge is 2.21. The molecule has 3 heterocycles. The zero-order valence-electron chi connectivity index (χ0n) is 16.5. The van der Waals surface area contributed by atoms with E-state index >= 15 is 0 Å². The van der Waals surface area contributed by atoms with Gasteiger partial charge >= 0.3 is 0 Å². The molecule has 0 unspecified atom stereocenters. The van der Waals surface area contributed by atoms with E-state index in [-0.39, 0.29) is 0 Å². The first-order valence-electron chi connectivity index (χ1n) is 9.99. The van der Waals surface area contributed by atoms with Crippen molar-refractivity contribution in [3.05, 3.63) is 95.7 Å². The first-order valence-corrected chi connectivity index (χ1v) is 9.99. The molecule has 0 bridgehead atoms. The minimum atomic E-state index is 0.852. The van der Waals surface area contributed by atoms with Crippen LogP contribution in [0, 0.1) is 6.92 Å². The van der Waals surface area contributed by atoms with Crippen molar-refractivity contribution in [1.82, 2.24) is 24.6 Å². The molecule has 4 aromatic rings. The van der Waals surface area contributed by atoms with Gasteiger partial charge in [0.25, 0.3) is 0 Å². The second kappa shape index (κ2) is 7.60. The lowest BCUT2D eigenvalue weighted by Gasteiger charge is -2.27. The number of hydrogen-bond donors (Lipinski definition) is 0. The summed E-state index contributed by atoms with van der Waals surface area (Å²) in [6, 6.07) is 20.7. The van der Waals surface area contributed by atoms with Crippen LogP contribution in [0.3, 0.4) is 0 Å². The summed E-state index contributed by atoms with van der Waals surface area (Å²) in [5, 5.41) is 4.94. The Morgan fingerprint density at radius 2 is 1.72 bits per heavy atom. The van der Waals surface area contributed by atoms with Gasteiger partial charge in [0, 0.05) is 60.8 Å². The number of nitrogens with zero attached hydrogens (tertiary/aromatic N) is 5. The van der Waals surface area contributed by atoms with Crippen molar-refractivity contribution in [3.8, 4) is 16.9 Å². The number of rotatable bonds is 4. The number of aryl methyl sites for hydroxylation is 1. The highest BCUT2D eigenvalue weighted by Crippen LogP contribution is 2.26. The van der Waals surface area contributed by atoms with Crippen LogP contribution in [-0.4, -0.2) is 31.2 Å². The Morgan fingerprint density at radius 1 is 0.966 bits per heavy atom. The fraction of sp³-hybridized carbons (Fsp3) is 0.208. The molecule has 0 amide bonds. The highest BCUT2D eigenvalue weighted by atomic mass is 15.3. The molecule has 1 aliphatic rings. The Morgan fingerprint density at radius 3 is 2.52 bits per heavy atom. The summed E-state index contributed by atoms with van der Waals surface area (Å²) in [6.45, 7) is 4.68. The van der Waals surface area contributed by atoms with Crippen LogP contribution >= 0.6 is 0 Å². The molecule has 5 rings (SSSR count). The molecule has 2 aromatic carbocycles. The van der Waals surface area contributed by atoms with Crippen LogP contribution < -0.4 is 0 Å². The monoisotopic (exact) mass is 381 g/mol. The first-order chi connectivity index (χ1) is 14.3. The smallest absolute Gasteiger partial charge is 0.125 e. The Bertz CT molecular complexity index is 1120. The molecule has 0 fully saturated rings. The SMILES string of the molecule is Cc1ncc2c(n1)CCN(Cc1cn(-c3ccccc3)nc1-c1ccccc1)C2. The van der Waals surface area contributed by atoms with Crippen molar-refractivity contribution < 1.29 is 0 Å². The van der Waals surface area contributed by atoms with E-state index in [4.69, 9.17) is 5.10 Å². The van der Waals surface area contributed by atoms with Crippen molar-refractivity contribution >= 4 is 0 Å². The molecule has 144 valence electrons. The number of para-hydroxylation sites is 1. The van der Waals surface area contributed by atoms with Gasteiger partial charge in [-0.1, -0.05) is 48.5 Å². The Balaban J connectivity index is 1.47. The molecule has 1 aliphatic heterocycles. The fourth-order valence-electron chi connectivity index (χ4n) is 3.93. The van der Waals surface area contributed by atoms with Gasteiger partial charge in [-0.05, 0) is 19.1 Å². The number of benzene rings is 2. The average molecular weight is 381 g/mol. The van der Waals surface area contributed by atoms with Gasteiger partial charge in [0.1, 0.15) is 5.82 Å². The van der Waals surface area contributed by atoms with Crippen LogP contribution in [0.5, 0.6) is 0 Å². The normalized spacial score (nSPS) is 14.0. The molecule has 0 saturated carbocycles. The van der Waals surface area contributed by atoms with Crippen molar-refractivity contribution in [2.45, 2.75) is 26.4 Å². The minimum Gasteiger partial charge on any atom is -0.294 e. The molecule has 2 aromatic heterocycles. The van der Waals surface area contributed by atoms with Crippen LogP contribution in [0.15, 0.2) is 73.1 Å². The van der Waals surface area contributed by atoms with E-state index in [0.29, 0.717) is 0 Å². The third kappa shape index (κ3) is 3.69. The van der Waals surface area contributed by atoms with Crippen LogP contribution in [0.25, 0.3) is 16.9 Å². The van der Waals surface area contributed by atoms with Crippen molar-refractivity contribution in [2.24, 2.45) is 0 Å². The Kier molecular flexibility index (Phi) is 4.66. The van der Waals surface area contributed by atoms with E-state index < -0.39 is 0 Å². The van der Waals surface area contributed by atoms with Crippen LogP contribution in [0.2, 0.25) is 0 Å². The Labute approximate surface area is 170 Å². The van der Waals surface area contributed by atoms with Crippen LogP contribution in [-0.2, 0) is 19.5 Å². The zero-order chi connectivity index (χ0) is 19.6. The summed E-state index contributed by atoms with van der Waals surface area (Å²) in [7, 11) is 0. The zero-order valence-corrected chi connectivity index (χ0v) is 16.5. The van der Waals surface area contributed by atoms with Gasteiger partial charge in [0.05, 0.1) is 11.4 Å². The van der Waals surface area contributed by atoms with Crippen LogP contribution in [0.4, 0.5) is 0 Å². The maximum absolute atomic E-state index is 4.94. The molecule has 0 atom stereocenters. The maximum atomic E-state index is 4.94. The second-order valence-corrected chi connectivity index (χ2v) is 7.50. The molecular formula is C24H23N5. The molecule has 5 nitrogen and oxygen atoms in total. The highest BCUT2D eigenvalue weighted by molar-refractivity contribution is 5.63. The van der Waals surface area contributed by atoms with Crippen molar-refractivity contribution in [3.63, 3.8) is 0 Å².